The summed E-state index contributed by atoms with van der Waals surface area (Å²) in [6.07, 6.45) is 5.44. The molecule has 0 aromatic heterocycles. The number of carboxylic acid groups (broad SMARTS) is 1. The second-order valence-electron chi connectivity index (χ2n) is 6.39. The molecular formula is C15H28NO5+. The fourth-order valence-corrected chi connectivity index (χ4v) is 2.15. The molecule has 0 radical (unpaired) electrons. The number of hydrogen-bond acceptors (Lipinski definition) is 4. The lowest BCUT2D eigenvalue weighted by atomic mass is 9.92. The number of hydrogen-bond donors (Lipinski definition) is 3. The molecule has 0 aliphatic carbocycles. The quantitative estimate of drug-likeness (QED) is 0.295. The Hall–Kier alpha value is -1.24. The molecular weight excluding hydrogens is 274 g/mol. The Morgan fingerprint density at radius 3 is 2.24 bits per heavy atom. The van der Waals surface area contributed by atoms with Crippen LogP contribution in [0.15, 0.2) is 12.2 Å². The number of nitrogens with zero attached hydrogens (tertiary/aromatic N) is 1. The smallest absolute Gasteiger partial charge is 0.307 e. The SMILES string of the molecule is C[N+](C)(C)CC(O)(CC(=O)O)C(=O)C=CCCCCCO. The first-order chi connectivity index (χ1) is 9.60. The second kappa shape index (κ2) is 8.92. The van der Waals surface area contributed by atoms with Crippen molar-refractivity contribution in [1.82, 2.24) is 0 Å². The van der Waals surface area contributed by atoms with Gasteiger partial charge < -0.3 is 19.8 Å². The summed E-state index contributed by atoms with van der Waals surface area (Å²) in [5.74, 6) is -1.77. The van der Waals surface area contributed by atoms with Crippen molar-refractivity contribution in [2.24, 2.45) is 0 Å². The molecule has 0 aliphatic rings. The first kappa shape index (κ1) is 19.8. The highest BCUT2D eigenvalue weighted by molar-refractivity contribution is 5.99. The number of unbranched alkanes of at least 4 members (excludes halogenated alkanes) is 3. The molecule has 0 amide bonds. The fraction of sp³-hybridized carbons (Fsp3) is 0.733. The summed E-state index contributed by atoms with van der Waals surface area (Å²) in [6.45, 7) is 0.192. The van der Waals surface area contributed by atoms with Gasteiger partial charge in [0.15, 0.2) is 11.4 Å². The van der Waals surface area contributed by atoms with E-state index in [1.807, 2.05) is 0 Å². The van der Waals surface area contributed by atoms with Crippen LogP contribution >= 0.6 is 0 Å². The zero-order valence-electron chi connectivity index (χ0n) is 13.2. The van der Waals surface area contributed by atoms with E-state index in [1.165, 1.54) is 6.08 Å². The maximum atomic E-state index is 12.1. The molecule has 21 heavy (non-hydrogen) atoms. The van der Waals surface area contributed by atoms with Crippen molar-refractivity contribution in [3.63, 3.8) is 0 Å². The van der Waals surface area contributed by atoms with Crippen LogP contribution in [0.25, 0.3) is 0 Å². The van der Waals surface area contributed by atoms with Crippen LogP contribution in [0.3, 0.4) is 0 Å². The van der Waals surface area contributed by atoms with Crippen molar-refractivity contribution in [3.05, 3.63) is 12.2 Å². The van der Waals surface area contributed by atoms with Gasteiger partial charge in [-0.3, -0.25) is 9.59 Å². The number of aliphatic carboxylic acids is 1. The molecule has 0 aromatic carbocycles. The van der Waals surface area contributed by atoms with Gasteiger partial charge in [-0.1, -0.05) is 12.5 Å². The third-order valence-electron chi connectivity index (χ3n) is 2.94. The predicted octanol–water partition coefficient (Wildman–Crippen LogP) is 0.576. The van der Waals surface area contributed by atoms with Crippen LogP contribution in [-0.4, -0.2) is 71.5 Å². The van der Waals surface area contributed by atoms with E-state index in [1.54, 1.807) is 27.2 Å². The van der Waals surface area contributed by atoms with E-state index in [0.717, 1.165) is 19.3 Å². The summed E-state index contributed by atoms with van der Waals surface area (Å²) >= 11 is 0. The first-order valence-electron chi connectivity index (χ1n) is 7.17. The van der Waals surface area contributed by atoms with E-state index < -0.39 is 23.8 Å². The van der Waals surface area contributed by atoms with E-state index in [0.29, 0.717) is 10.9 Å². The number of aliphatic hydroxyl groups is 2. The van der Waals surface area contributed by atoms with Crippen LogP contribution in [0.2, 0.25) is 0 Å². The van der Waals surface area contributed by atoms with E-state index in [4.69, 9.17) is 10.2 Å². The monoisotopic (exact) mass is 302 g/mol. The predicted molar refractivity (Wildman–Crippen MR) is 79.8 cm³/mol. The Morgan fingerprint density at radius 1 is 1.14 bits per heavy atom. The van der Waals surface area contributed by atoms with Gasteiger partial charge in [-0.15, -0.1) is 0 Å². The van der Waals surface area contributed by atoms with Crippen LogP contribution in [0, 0.1) is 0 Å². The molecule has 6 nitrogen and oxygen atoms in total. The third-order valence-corrected chi connectivity index (χ3v) is 2.94. The number of carboxylic acids is 1. The van der Waals surface area contributed by atoms with Gasteiger partial charge in [0.05, 0.1) is 27.6 Å². The highest BCUT2D eigenvalue weighted by Crippen LogP contribution is 2.17. The van der Waals surface area contributed by atoms with Crippen LogP contribution in [0.1, 0.15) is 32.1 Å². The zero-order chi connectivity index (χ0) is 16.5. The number of likely N-dealkylation sites (N-methyl/N-ethyl adjacent to an activating group) is 1. The van der Waals surface area contributed by atoms with Gasteiger partial charge in [-0.05, 0) is 25.3 Å². The summed E-state index contributed by atoms with van der Waals surface area (Å²) in [6, 6.07) is 0. The van der Waals surface area contributed by atoms with Gasteiger partial charge in [0.2, 0.25) is 0 Å². The Morgan fingerprint density at radius 2 is 1.76 bits per heavy atom. The lowest BCUT2D eigenvalue weighted by Crippen LogP contribution is -2.54. The fourth-order valence-electron chi connectivity index (χ4n) is 2.15. The van der Waals surface area contributed by atoms with Crippen LogP contribution in [0.5, 0.6) is 0 Å². The number of aliphatic hydroxyl groups excluding tert-OH is 1. The molecule has 3 N–H and O–H groups in total. The normalized spacial score (nSPS) is 15.1. The molecule has 6 heteroatoms. The molecule has 0 fully saturated rings. The van der Waals surface area contributed by atoms with Crippen LogP contribution in [0.4, 0.5) is 0 Å². The second-order valence-corrected chi connectivity index (χ2v) is 6.39. The minimum Gasteiger partial charge on any atom is -0.481 e. The van der Waals surface area contributed by atoms with Gasteiger partial charge in [0.1, 0.15) is 6.54 Å². The maximum absolute atomic E-state index is 12.1. The summed E-state index contributed by atoms with van der Waals surface area (Å²) in [5, 5.41) is 27.9. The Balaban J connectivity index is 4.65. The minimum atomic E-state index is -1.88. The van der Waals surface area contributed by atoms with E-state index >= 15 is 0 Å². The topological polar surface area (TPSA) is 94.8 Å². The number of rotatable bonds is 11. The Kier molecular flexibility index (Phi) is 8.39. The van der Waals surface area contributed by atoms with Crippen molar-refractivity contribution >= 4 is 11.8 Å². The number of carbonyl (C=O) groups is 2. The average Bonchev–Trinajstić information content (AvgIpc) is 2.29. The molecule has 122 valence electrons. The average molecular weight is 302 g/mol. The molecule has 0 saturated heterocycles. The minimum absolute atomic E-state index is 0.0347. The largest absolute Gasteiger partial charge is 0.481 e. The summed E-state index contributed by atoms with van der Waals surface area (Å²) in [4.78, 5) is 23.0. The highest BCUT2D eigenvalue weighted by Gasteiger charge is 2.41. The molecule has 0 bridgehead atoms. The van der Waals surface area contributed by atoms with Crippen LogP contribution < -0.4 is 0 Å². The van der Waals surface area contributed by atoms with E-state index in [2.05, 4.69) is 0 Å². The Labute approximate surface area is 126 Å². The molecule has 0 aromatic rings. The summed E-state index contributed by atoms with van der Waals surface area (Å²) in [7, 11) is 5.37. The standard InChI is InChI=1S/C15H27NO5/c1-16(2,3)12-15(21,11-14(19)20)13(18)9-7-5-4-6-8-10-17/h7,9,17,21H,4-6,8,10-12H2,1-3H3/p+1. The van der Waals surface area contributed by atoms with Gasteiger partial charge >= 0.3 is 5.97 Å². The third kappa shape index (κ3) is 9.33. The van der Waals surface area contributed by atoms with Crippen molar-refractivity contribution in [2.75, 3.05) is 34.3 Å². The van der Waals surface area contributed by atoms with Crippen LogP contribution in [-0.2, 0) is 9.59 Å². The van der Waals surface area contributed by atoms with Gasteiger partial charge in [-0.25, -0.2) is 0 Å². The number of allylic oxidation sites excluding steroid dienone is 1. The zero-order valence-corrected chi connectivity index (χ0v) is 13.2. The molecule has 1 unspecified atom stereocenters. The van der Waals surface area contributed by atoms with Crippen molar-refractivity contribution in [3.8, 4) is 0 Å². The maximum Gasteiger partial charge on any atom is 0.307 e. The molecule has 0 saturated carbocycles. The summed E-state index contributed by atoms with van der Waals surface area (Å²) < 4.78 is 0.292. The first-order valence-corrected chi connectivity index (χ1v) is 7.17. The van der Waals surface area contributed by atoms with Gasteiger partial charge in [0.25, 0.3) is 0 Å². The molecule has 0 spiro atoms. The Bertz CT molecular complexity index is 373. The van der Waals surface area contributed by atoms with Crippen molar-refractivity contribution < 1.29 is 29.4 Å². The van der Waals surface area contributed by atoms with E-state index in [9.17, 15) is 14.7 Å². The van der Waals surface area contributed by atoms with Crippen molar-refractivity contribution in [1.29, 1.82) is 0 Å². The van der Waals surface area contributed by atoms with Crippen molar-refractivity contribution in [2.45, 2.75) is 37.7 Å². The molecule has 0 rings (SSSR count). The summed E-state index contributed by atoms with van der Waals surface area (Å²) in [5.41, 5.74) is -1.88. The molecule has 0 aliphatic heterocycles. The van der Waals surface area contributed by atoms with Gasteiger partial charge in [-0.2, -0.15) is 0 Å². The number of quaternary nitrogens is 1. The lowest BCUT2D eigenvalue weighted by Gasteiger charge is -2.33. The molecule has 0 heterocycles. The van der Waals surface area contributed by atoms with Gasteiger partial charge in [0, 0.05) is 6.61 Å². The number of carbonyl (C=O) groups excluding carboxylic acids is 1. The molecule has 1 atom stereocenters. The number of ketones is 1. The van der Waals surface area contributed by atoms with E-state index in [-0.39, 0.29) is 13.2 Å². The lowest BCUT2D eigenvalue weighted by molar-refractivity contribution is -0.875. The highest BCUT2D eigenvalue weighted by atomic mass is 16.4.